The van der Waals surface area contributed by atoms with E-state index in [0.717, 1.165) is 25.3 Å². The number of hydrogen-bond donors (Lipinski definition) is 2. The number of aromatic nitrogens is 1. The lowest BCUT2D eigenvalue weighted by Gasteiger charge is -2.21. The lowest BCUT2D eigenvalue weighted by atomic mass is 10.2. The maximum Gasteiger partial charge on any atom is 0.414 e. The minimum Gasteiger partial charge on any atom is -0.444 e. The van der Waals surface area contributed by atoms with Gasteiger partial charge in [-0.1, -0.05) is 0 Å². The van der Waals surface area contributed by atoms with Gasteiger partial charge in [0.1, 0.15) is 11.4 Å². The predicted molar refractivity (Wildman–Crippen MR) is 100 cm³/mol. The second-order valence-corrected chi connectivity index (χ2v) is 7.21. The summed E-state index contributed by atoms with van der Waals surface area (Å²) in [4.78, 5) is 23.3. The lowest BCUT2D eigenvalue weighted by Crippen LogP contribution is -2.44. The zero-order valence-corrected chi connectivity index (χ0v) is 15.8. The van der Waals surface area contributed by atoms with Gasteiger partial charge in [0.05, 0.1) is 6.04 Å². The molecule has 7 heteroatoms. The Balaban J connectivity index is 1.99. The Kier molecular flexibility index (Phi) is 6.22. The zero-order valence-electron chi connectivity index (χ0n) is 15.8. The van der Waals surface area contributed by atoms with Crippen LogP contribution in [0.1, 0.15) is 39.7 Å². The minimum atomic E-state index is -0.539. The van der Waals surface area contributed by atoms with E-state index in [2.05, 4.69) is 38.5 Å². The van der Waals surface area contributed by atoms with Gasteiger partial charge in [-0.15, -0.1) is 0 Å². The molecule has 0 aromatic carbocycles. The summed E-state index contributed by atoms with van der Waals surface area (Å²) in [6.07, 6.45) is 2.25. The summed E-state index contributed by atoms with van der Waals surface area (Å²) in [5.74, 6) is 1.43. The van der Waals surface area contributed by atoms with Crippen LogP contribution < -0.4 is 15.5 Å². The zero-order chi connectivity index (χ0) is 18.4. The number of carbonyl (C=O) groups is 1. The van der Waals surface area contributed by atoms with Gasteiger partial charge in [0.15, 0.2) is 0 Å². The standard InChI is InChI=1S/C18H29N5O2/c1-6-19-16(22-17(24)25-18(3,4)5)21-14-8-10-23(12-14)15-11-13(2)7-9-20-15/h7,9,11,14H,6,8,10,12H2,1-5H3,(H2,19,21,22,24). The number of alkyl carbamates (subject to hydrolysis) is 1. The highest BCUT2D eigenvalue weighted by atomic mass is 16.6. The van der Waals surface area contributed by atoms with Crippen molar-refractivity contribution < 1.29 is 9.53 Å². The van der Waals surface area contributed by atoms with Crippen molar-refractivity contribution in [1.29, 1.82) is 0 Å². The van der Waals surface area contributed by atoms with Crippen LogP contribution in [0.4, 0.5) is 10.6 Å². The van der Waals surface area contributed by atoms with E-state index < -0.39 is 11.7 Å². The maximum atomic E-state index is 12.0. The second-order valence-electron chi connectivity index (χ2n) is 7.21. The van der Waals surface area contributed by atoms with E-state index in [-0.39, 0.29) is 6.04 Å². The predicted octanol–water partition coefficient (Wildman–Crippen LogP) is 2.46. The summed E-state index contributed by atoms with van der Waals surface area (Å²) in [5.41, 5.74) is 0.652. The highest BCUT2D eigenvalue weighted by Gasteiger charge is 2.24. The second kappa shape index (κ2) is 8.18. The smallest absolute Gasteiger partial charge is 0.414 e. The normalized spacial score (nSPS) is 18.2. The molecule has 2 rings (SSSR count). The minimum absolute atomic E-state index is 0.103. The fourth-order valence-electron chi connectivity index (χ4n) is 2.62. The van der Waals surface area contributed by atoms with Crippen LogP contribution in [0.5, 0.6) is 0 Å². The van der Waals surface area contributed by atoms with Crippen LogP contribution in [-0.4, -0.2) is 48.3 Å². The average molecular weight is 347 g/mol. The number of pyridine rings is 1. The molecule has 138 valence electrons. The van der Waals surface area contributed by atoms with Crippen LogP contribution in [0, 0.1) is 6.92 Å². The van der Waals surface area contributed by atoms with E-state index in [1.165, 1.54) is 5.56 Å². The van der Waals surface area contributed by atoms with Gasteiger partial charge in [0.2, 0.25) is 5.96 Å². The third-order valence-corrected chi connectivity index (χ3v) is 3.66. The molecule has 0 radical (unpaired) electrons. The molecule has 25 heavy (non-hydrogen) atoms. The molecule has 2 heterocycles. The molecule has 1 unspecified atom stereocenters. The van der Waals surface area contributed by atoms with Crippen molar-refractivity contribution in [1.82, 2.24) is 15.6 Å². The number of amides is 1. The molecule has 0 spiro atoms. The number of guanidine groups is 1. The van der Waals surface area contributed by atoms with Gasteiger partial charge in [-0.25, -0.2) is 14.8 Å². The highest BCUT2D eigenvalue weighted by Crippen LogP contribution is 2.20. The summed E-state index contributed by atoms with van der Waals surface area (Å²) >= 11 is 0. The third-order valence-electron chi connectivity index (χ3n) is 3.66. The first-order valence-electron chi connectivity index (χ1n) is 8.76. The van der Waals surface area contributed by atoms with Crippen molar-refractivity contribution in [3.8, 4) is 0 Å². The molecular formula is C18H29N5O2. The molecule has 0 aliphatic carbocycles. The Morgan fingerprint density at radius 1 is 1.48 bits per heavy atom. The number of nitrogens with zero attached hydrogens (tertiary/aromatic N) is 3. The largest absolute Gasteiger partial charge is 0.444 e. The fraction of sp³-hybridized carbons (Fsp3) is 0.611. The van der Waals surface area contributed by atoms with E-state index >= 15 is 0 Å². The topological polar surface area (TPSA) is 78.9 Å². The Hall–Kier alpha value is -2.31. The third kappa shape index (κ3) is 6.25. The molecule has 1 aromatic heterocycles. The Morgan fingerprint density at radius 3 is 2.88 bits per heavy atom. The van der Waals surface area contributed by atoms with Crippen molar-refractivity contribution in [2.24, 2.45) is 4.99 Å². The molecule has 1 amide bonds. The molecule has 7 nitrogen and oxygen atoms in total. The first kappa shape index (κ1) is 19.0. The summed E-state index contributed by atoms with van der Waals surface area (Å²) in [6, 6.07) is 4.17. The van der Waals surface area contributed by atoms with Crippen LogP contribution >= 0.6 is 0 Å². The molecule has 1 fully saturated rings. The first-order chi connectivity index (χ1) is 11.8. The van der Waals surface area contributed by atoms with Gasteiger partial charge in [-0.3, -0.25) is 5.32 Å². The van der Waals surface area contributed by atoms with Crippen LogP contribution in [-0.2, 0) is 4.74 Å². The number of nitrogens with one attached hydrogen (secondary N) is 2. The van der Waals surface area contributed by atoms with Gasteiger partial charge >= 0.3 is 6.09 Å². The van der Waals surface area contributed by atoms with Gasteiger partial charge in [0, 0.05) is 25.8 Å². The molecule has 0 saturated carbocycles. The van der Waals surface area contributed by atoms with Crippen molar-refractivity contribution in [3.63, 3.8) is 0 Å². The quantitative estimate of drug-likeness (QED) is 0.649. The molecule has 1 saturated heterocycles. The number of anilines is 1. The van der Waals surface area contributed by atoms with Crippen LogP contribution in [0.25, 0.3) is 0 Å². The van der Waals surface area contributed by atoms with Crippen molar-refractivity contribution in [2.75, 3.05) is 24.5 Å². The summed E-state index contributed by atoms with van der Waals surface area (Å²) in [6.45, 7) is 11.9. The monoisotopic (exact) mass is 347 g/mol. The van der Waals surface area contributed by atoms with Crippen molar-refractivity contribution in [3.05, 3.63) is 23.9 Å². The number of hydrogen-bond acceptors (Lipinski definition) is 5. The van der Waals surface area contributed by atoms with Crippen LogP contribution in [0.15, 0.2) is 23.3 Å². The molecule has 0 bridgehead atoms. The summed E-state index contributed by atoms with van der Waals surface area (Å²) in [7, 11) is 0. The van der Waals surface area contributed by atoms with Gasteiger partial charge in [-0.2, -0.15) is 0 Å². The van der Waals surface area contributed by atoms with Gasteiger partial charge in [-0.05, 0) is 58.7 Å². The molecule has 1 atom stereocenters. The highest BCUT2D eigenvalue weighted by molar-refractivity contribution is 5.94. The van der Waals surface area contributed by atoms with Crippen LogP contribution in [0.3, 0.4) is 0 Å². The Morgan fingerprint density at radius 2 is 2.24 bits per heavy atom. The van der Waals surface area contributed by atoms with Gasteiger partial charge in [0.25, 0.3) is 0 Å². The number of carbonyl (C=O) groups excluding carboxylic acids is 1. The van der Waals surface area contributed by atoms with E-state index in [9.17, 15) is 4.79 Å². The number of rotatable bonds is 3. The van der Waals surface area contributed by atoms with E-state index in [1.54, 1.807) is 0 Å². The molecule has 1 aliphatic heterocycles. The lowest BCUT2D eigenvalue weighted by molar-refractivity contribution is 0.0561. The number of aryl methyl sites for hydroxylation is 1. The fourth-order valence-corrected chi connectivity index (χ4v) is 2.62. The molecule has 1 aliphatic rings. The maximum absolute atomic E-state index is 12.0. The van der Waals surface area contributed by atoms with Gasteiger partial charge < -0.3 is 15.0 Å². The molecule has 1 aromatic rings. The van der Waals surface area contributed by atoms with E-state index in [0.29, 0.717) is 12.5 Å². The van der Waals surface area contributed by atoms with E-state index in [1.807, 2.05) is 40.0 Å². The Labute approximate surface area is 149 Å². The number of aliphatic imine (C=N–C) groups is 1. The first-order valence-corrected chi connectivity index (χ1v) is 8.76. The van der Waals surface area contributed by atoms with E-state index in [4.69, 9.17) is 4.74 Å². The summed E-state index contributed by atoms with van der Waals surface area (Å²) in [5, 5.41) is 5.80. The van der Waals surface area contributed by atoms with Crippen LogP contribution in [0.2, 0.25) is 0 Å². The Bertz CT molecular complexity index is 624. The van der Waals surface area contributed by atoms with Crippen molar-refractivity contribution >= 4 is 17.9 Å². The molecular weight excluding hydrogens is 318 g/mol. The average Bonchev–Trinajstić information content (AvgIpc) is 2.94. The SMILES string of the molecule is CCN/C(=N\C1CCN(c2cc(C)ccn2)C1)NC(=O)OC(C)(C)C. The summed E-state index contributed by atoms with van der Waals surface area (Å²) < 4.78 is 5.29. The number of ether oxygens (including phenoxy) is 1. The van der Waals surface area contributed by atoms with Crippen molar-refractivity contribution in [2.45, 2.75) is 52.7 Å². The molecule has 2 N–H and O–H groups in total.